The molecule has 2 aromatic carbocycles. The number of carbonyl (C=O) groups excluding carboxylic acids is 2. The second-order valence-electron chi connectivity index (χ2n) is 5.14. The Morgan fingerprint density at radius 3 is 2.83 bits per heavy atom. The minimum absolute atomic E-state index is 0.00361. The summed E-state index contributed by atoms with van der Waals surface area (Å²) in [6, 6.07) is 14.6. The van der Waals surface area contributed by atoms with Crippen LogP contribution < -0.4 is 15.4 Å². The number of para-hydroxylation sites is 1. The van der Waals surface area contributed by atoms with Gasteiger partial charge in [-0.3, -0.25) is 4.79 Å². The molecule has 0 spiro atoms. The van der Waals surface area contributed by atoms with Crippen LogP contribution in [0, 0.1) is 0 Å². The summed E-state index contributed by atoms with van der Waals surface area (Å²) in [6.45, 7) is 2.20. The molecule has 0 radical (unpaired) electrons. The summed E-state index contributed by atoms with van der Waals surface area (Å²) >= 11 is 1.53. The first-order valence-corrected chi connectivity index (χ1v) is 8.11. The van der Waals surface area contributed by atoms with E-state index in [1.54, 1.807) is 24.3 Å². The van der Waals surface area contributed by atoms with Crippen LogP contribution in [0.3, 0.4) is 0 Å². The lowest BCUT2D eigenvalue weighted by Crippen LogP contribution is -2.28. The fraction of sp³-hybridized carbons (Fsp3) is 0.176. The molecule has 2 amide bonds. The average molecular weight is 328 g/mol. The van der Waals surface area contributed by atoms with Crippen molar-refractivity contribution < 1.29 is 14.3 Å². The van der Waals surface area contributed by atoms with E-state index in [1.165, 1.54) is 11.8 Å². The second kappa shape index (κ2) is 6.75. The molecule has 0 fully saturated rings. The average Bonchev–Trinajstić information content (AvgIpc) is 2.55. The maximum Gasteiger partial charge on any atom is 0.412 e. The highest BCUT2D eigenvalue weighted by Crippen LogP contribution is 2.35. The quantitative estimate of drug-likeness (QED) is 0.906. The van der Waals surface area contributed by atoms with Crippen LogP contribution >= 0.6 is 11.8 Å². The van der Waals surface area contributed by atoms with Crippen LogP contribution in [-0.2, 0) is 11.3 Å². The van der Waals surface area contributed by atoms with Crippen molar-refractivity contribution in [1.29, 1.82) is 0 Å². The fourth-order valence-corrected chi connectivity index (χ4v) is 3.10. The summed E-state index contributed by atoms with van der Waals surface area (Å²) in [5.74, 6) is 0.490. The summed E-state index contributed by atoms with van der Waals surface area (Å²) in [6.07, 6.45) is -0.513. The molecule has 0 saturated carbocycles. The Morgan fingerprint density at radius 2 is 2.04 bits per heavy atom. The van der Waals surface area contributed by atoms with Crippen molar-refractivity contribution in [2.45, 2.75) is 23.6 Å². The molecule has 2 N–H and O–H groups in total. The highest BCUT2D eigenvalue weighted by atomic mass is 32.2. The molecule has 5 nitrogen and oxygen atoms in total. The number of carbonyl (C=O) groups is 2. The van der Waals surface area contributed by atoms with E-state index in [9.17, 15) is 9.59 Å². The lowest BCUT2D eigenvalue weighted by atomic mass is 10.2. The van der Waals surface area contributed by atoms with Gasteiger partial charge in [0, 0.05) is 11.4 Å². The summed E-state index contributed by atoms with van der Waals surface area (Å²) < 4.78 is 5.16. The molecule has 1 atom stereocenters. The molecule has 0 aliphatic carbocycles. The van der Waals surface area contributed by atoms with Crippen molar-refractivity contribution in [1.82, 2.24) is 5.32 Å². The molecule has 118 valence electrons. The van der Waals surface area contributed by atoms with Crippen LogP contribution in [0.4, 0.5) is 10.5 Å². The van der Waals surface area contributed by atoms with Crippen LogP contribution in [0.1, 0.15) is 12.5 Å². The monoisotopic (exact) mass is 328 g/mol. The van der Waals surface area contributed by atoms with Gasteiger partial charge in [-0.05, 0) is 36.8 Å². The SMILES string of the molecule is CC1Sc2ccc(CNC(=O)Oc3ccccc3)cc2NC1=O. The van der Waals surface area contributed by atoms with Crippen molar-refractivity contribution in [2.24, 2.45) is 0 Å². The van der Waals surface area contributed by atoms with Crippen molar-refractivity contribution in [3.63, 3.8) is 0 Å². The van der Waals surface area contributed by atoms with Crippen molar-refractivity contribution in [2.75, 3.05) is 5.32 Å². The Labute approximate surface area is 138 Å². The summed E-state index contributed by atoms with van der Waals surface area (Å²) in [4.78, 5) is 24.5. The zero-order chi connectivity index (χ0) is 16.2. The number of hydrogen-bond acceptors (Lipinski definition) is 4. The molecule has 3 rings (SSSR count). The Kier molecular flexibility index (Phi) is 4.52. The number of ether oxygens (including phenoxy) is 1. The van der Waals surface area contributed by atoms with Crippen LogP contribution in [0.25, 0.3) is 0 Å². The Bertz CT molecular complexity index is 734. The number of fused-ring (bicyclic) bond motifs is 1. The van der Waals surface area contributed by atoms with Gasteiger partial charge in [-0.1, -0.05) is 24.3 Å². The lowest BCUT2D eigenvalue weighted by molar-refractivity contribution is -0.115. The van der Waals surface area contributed by atoms with Gasteiger partial charge in [0.1, 0.15) is 5.75 Å². The molecule has 6 heteroatoms. The first kappa shape index (κ1) is 15.4. The fourth-order valence-electron chi connectivity index (χ4n) is 2.17. The molecule has 1 aliphatic heterocycles. The van der Waals surface area contributed by atoms with E-state index in [0.717, 1.165) is 16.1 Å². The number of anilines is 1. The van der Waals surface area contributed by atoms with Crippen LogP contribution in [0.5, 0.6) is 5.75 Å². The van der Waals surface area contributed by atoms with E-state index in [4.69, 9.17) is 4.74 Å². The van der Waals surface area contributed by atoms with Crippen LogP contribution in [0.15, 0.2) is 53.4 Å². The normalized spacial score (nSPS) is 16.2. The molecule has 1 unspecified atom stereocenters. The summed E-state index contributed by atoms with van der Waals surface area (Å²) in [7, 11) is 0. The van der Waals surface area contributed by atoms with Gasteiger partial charge in [0.15, 0.2) is 0 Å². The number of hydrogen-bond donors (Lipinski definition) is 2. The topological polar surface area (TPSA) is 67.4 Å². The van der Waals surface area contributed by atoms with E-state index < -0.39 is 6.09 Å². The number of amides is 2. The third-order valence-corrected chi connectivity index (χ3v) is 4.54. The first-order valence-electron chi connectivity index (χ1n) is 7.23. The van der Waals surface area contributed by atoms with Gasteiger partial charge in [0.2, 0.25) is 5.91 Å². The van der Waals surface area contributed by atoms with E-state index in [1.807, 2.05) is 31.2 Å². The Hall–Kier alpha value is -2.47. The molecular formula is C17H16N2O3S. The molecular weight excluding hydrogens is 312 g/mol. The van der Waals surface area contributed by atoms with Crippen molar-refractivity contribution >= 4 is 29.4 Å². The molecule has 0 saturated heterocycles. The smallest absolute Gasteiger partial charge is 0.410 e. The lowest BCUT2D eigenvalue weighted by Gasteiger charge is -2.21. The maximum absolute atomic E-state index is 11.8. The highest BCUT2D eigenvalue weighted by molar-refractivity contribution is 8.00. The van der Waals surface area contributed by atoms with Gasteiger partial charge in [-0.2, -0.15) is 0 Å². The van der Waals surface area contributed by atoms with Crippen LogP contribution in [0.2, 0.25) is 0 Å². The second-order valence-corrected chi connectivity index (χ2v) is 6.52. The summed E-state index contributed by atoms with van der Waals surface area (Å²) in [5, 5.41) is 5.48. The van der Waals surface area contributed by atoms with E-state index >= 15 is 0 Å². The Balaban J connectivity index is 1.60. The zero-order valence-electron chi connectivity index (χ0n) is 12.5. The molecule has 1 aliphatic rings. The minimum Gasteiger partial charge on any atom is -0.410 e. The maximum atomic E-state index is 11.8. The number of thioether (sulfide) groups is 1. The largest absolute Gasteiger partial charge is 0.412 e. The first-order chi connectivity index (χ1) is 11.1. The third-order valence-electron chi connectivity index (χ3n) is 3.37. The predicted molar refractivity (Wildman–Crippen MR) is 89.7 cm³/mol. The van der Waals surface area contributed by atoms with Gasteiger partial charge in [0.25, 0.3) is 0 Å². The number of rotatable bonds is 3. The van der Waals surface area contributed by atoms with Gasteiger partial charge < -0.3 is 15.4 Å². The van der Waals surface area contributed by atoms with Crippen LogP contribution in [-0.4, -0.2) is 17.3 Å². The van der Waals surface area contributed by atoms with E-state index in [-0.39, 0.29) is 11.2 Å². The van der Waals surface area contributed by atoms with Gasteiger partial charge in [-0.25, -0.2) is 4.79 Å². The van der Waals surface area contributed by atoms with Gasteiger partial charge in [-0.15, -0.1) is 11.8 Å². The summed E-state index contributed by atoms with van der Waals surface area (Å²) in [5.41, 5.74) is 1.68. The highest BCUT2D eigenvalue weighted by Gasteiger charge is 2.22. The number of benzene rings is 2. The number of nitrogens with one attached hydrogen (secondary N) is 2. The Morgan fingerprint density at radius 1 is 1.26 bits per heavy atom. The minimum atomic E-state index is -0.513. The molecule has 23 heavy (non-hydrogen) atoms. The zero-order valence-corrected chi connectivity index (χ0v) is 13.4. The molecule has 2 aromatic rings. The van der Waals surface area contributed by atoms with Gasteiger partial charge >= 0.3 is 6.09 Å². The van der Waals surface area contributed by atoms with E-state index in [0.29, 0.717) is 12.3 Å². The van der Waals surface area contributed by atoms with Crippen molar-refractivity contribution in [3.05, 3.63) is 54.1 Å². The molecule has 0 aromatic heterocycles. The van der Waals surface area contributed by atoms with Gasteiger partial charge in [0.05, 0.1) is 10.9 Å². The molecule has 0 bridgehead atoms. The third kappa shape index (κ3) is 3.84. The molecule has 1 heterocycles. The predicted octanol–water partition coefficient (Wildman–Crippen LogP) is 3.41. The standard InChI is InChI=1S/C17H16N2O3S/c1-11-16(20)19-14-9-12(7-8-15(14)23-11)10-18-17(21)22-13-5-3-2-4-6-13/h2-9,11H,10H2,1H3,(H,18,21)(H,19,20). The van der Waals surface area contributed by atoms with Crippen molar-refractivity contribution in [3.8, 4) is 5.75 Å². The van der Waals surface area contributed by atoms with E-state index in [2.05, 4.69) is 10.6 Å².